The molecule has 10 heteroatoms. The summed E-state index contributed by atoms with van der Waals surface area (Å²) in [5.41, 5.74) is 4.83. The number of nitrogens with zero attached hydrogens (tertiary/aromatic N) is 4. The number of fused-ring (bicyclic) bond motifs is 3. The number of anilines is 2. The number of ether oxygens (including phenoxy) is 1. The number of carbonyl (C=O) groups excluding carboxylic acids is 1. The predicted molar refractivity (Wildman–Crippen MR) is 162 cm³/mol. The van der Waals surface area contributed by atoms with Crippen LogP contribution in [0.1, 0.15) is 39.9 Å². The van der Waals surface area contributed by atoms with E-state index in [1.165, 1.54) is 13.2 Å². The first kappa shape index (κ1) is 27.8. The van der Waals surface area contributed by atoms with Crippen LogP contribution in [0.2, 0.25) is 5.02 Å². The molecule has 3 aromatic carbocycles. The molecule has 0 saturated carbocycles. The third-order valence-electron chi connectivity index (χ3n) is 7.75. The molecule has 0 unspecified atom stereocenters. The molecular formula is C32H30ClFN6O2. The maximum atomic E-state index is 15.2. The first-order chi connectivity index (χ1) is 20.4. The second-order valence-electron chi connectivity index (χ2n) is 10.3. The van der Waals surface area contributed by atoms with E-state index in [1.54, 1.807) is 30.5 Å². The van der Waals surface area contributed by atoms with Crippen molar-refractivity contribution in [2.75, 3.05) is 32.6 Å². The monoisotopic (exact) mass is 584 g/mol. The summed E-state index contributed by atoms with van der Waals surface area (Å²) in [4.78, 5) is 29.3. The molecule has 0 spiro atoms. The van der Waals surface area contributed by atoms with E-state index in [4.69, 9.17) is 26.3 Å². The highest BCUT2D eigenvalue weighted by atomic mass is 35.5. The summed E-state index contributed by atoms with van der Waals surface area (Å²) < 4.78 is 20.6. The van der Waals surface area contributed by atoms with Gasteiger partial charge in [-0.05, 0) is 62.4 Å². The van der Waals surface area contributed by atoms with E-state index in [1.807, 2.05) is 42.3 Å². The fraction of sp³-hybridized carbons (Fsp3) is 0.250. The lowest BCUT2D eigenvalue weighted by Crippen LogP contribution is -2.43. The van der Waals surface area contributed by atoms with Crippen LogP contribution in [0.3, 0.4) is 0 Å². The number of carbonyl (C=O) groups is 1. The number of aromatic nitrogens is 2. The number of methoxy groups -OCH3 is 1. The van der Waals surface area contributed by atoms with Crippen molar-refractivity contribution in [2.24, 2.45) is 4.99 Å². The van der Waals surface area contributed by atoms with Crippen LogP contribution >= 0.6 is 11.6 Å². The average Bonchev–Trinajstić information content (AvgIpc) is 3.17. The number of rotatable bonds is 6. The number of amides is 1. The number of benzene rings is 3. The number of piperidine rings is 1. The zero-order valence-electron chi connectivity index (χ0n) is 23.3. The lowest BCUT2D eigenvalue weighted by atomic mass is 9.94. The van der Waals surface area contributed by atoms with Gasteiger partial charge in [0.05, 0.1) is 30.6 Å². The Hall–Kier alpha value is -4.34. The number of likely N-dealkylation sites (tertiary alicyclic amines) is 1. The predicted octanol–water partition coefficient (Wildman–Crippen LogP) is 5.86. The van der Waals surface area contributed by atoms with Crippen molar-refractivity contribution in [3.63, 3.8) is 0 Å². The van der Waals surface area contributed by atoms with E-state index < -0.39 is 5.82 Å². The van der Waals surface area contributed by atoms with Crippen LogP contribution in [0.25, 0.3) is 11.3 Å². The fourth-order valence-corrected chi connectivity index (χ4v) is 5.69. The quantitative estimate of drug-likeness (QED) is 0.295. The van der Waals surface area contributed by atoms with Crippen molar-refractivity contribution in [2.45, 2.75) is 25.4 Å². The maximum Gasteiger partial charge on any atom is 0.253 e. The number of hydrogen-bond acceptors (Lipinski definition) is 7. The first-order valence-electron chi connectivity index (χ1n) is 13.8. The van der Waals surface area contributed by atoms with E-state index in [0.29, 0.717) is 51.0 Å². The van der Waals surface area contributed by atoms with E-state index in [0.717, 1.165) is 37.1 Å². The Labute approximate surface area is 248 Å². The van der Waals surface area contributed by atoms with Crippen LogP contribution in [0.5, 0.6) is 5.75 Å². The summed E-state index contributed by atoms with van der Waals surface area (Å²) in [6, 6.07) is 17.9. The molecule has 1 amide bonds. The maximum absolute atomic E-state index is 15.2. The normalized spacial score (nSPS) is 14.9. The minimum atomic E-state index is -0.445. The standard InChI is InChI=1S/C32H30ClFN6O2/c1-35-22-11-13-40(14-12-22)31(41)19-5-3-6-23(15-19)38-32-37-18-20-17-36-30(28-26(34)7-4-8-27(28)42-2)25-16-21(33)9-10-24(25)29(20)39-32/h3-10,15-16,18,22,35H,11-14,17H2,1-2H3,(H,37,38,39). The van der Waals surface area contributed by atoms with Crippen LogP contribution < -0.4 is 15.4 Å². The topological polar surface area (TPSA) is 91.7 Å². The van der Waals surface area contributed by atoms with Gasteiger partial charge in [-0.15, -0.1) is 0 Å². The highest BCUT2D eigenvalue weighted by Gasteiger charge is 2.26. The second kappa shape index (κ2) is 11.9. The lowest BCUT2D eigenvalue weighted by Gasteiger charge is -2.32. The molecule has 2 aliphatic heterocycles. The van der Waals surface area contributed by atoms with E-state index in [2.05, 4.69) is 15.6 Å². The molecule has 42 heavy (non-hydrogen) atoms. The molecule has 4 aromatic rings. The molecule has 1 saturated heterocycles. The molecule has 2 aliphatic rings. The Morgan fingerprint density at radius 1 is 1.07 bits per heavy atom. The number of nitrogens with one attached hydrogen (secondary N) is 2. The Morgan fingerprint density at radius 2 is 1.88 bits per heavy atom. The van der Waals surface area contributed by atoms with Crippen molar-refractivity contribution in [1.82, 2.24) is 20.2 Å². The molecule has 214 valence electrons. The summed E-state index contributed by atoms with van der Waals surface area (Å²) in [6.45, 7) is 1.69. The summed E-state index contributed by atoms with van der Waals surface area (Å²) in [5, 5.41) is 7.04. The van der Waals surface area contributed by atoms with E-state index in [9.17, 15) is 4.79 Å². The van der Waals surface area contributed by atoms with Crippen molar-refractivity contribution in [3.05, 3.63) is 100.0 Å². The molecule has 0 atom stereocenters. The summed E-state index contributed by atoms with van der Waals surface area (Å²) >= 11 is 6.41. The van der Waals surface area contributed by atoms with Gasteiger partial charge in [-0.3, -0.25) is 9.79 Å². The minimum Gasteiger partial charge on any atom is -0.496 e. The van der Waals surface area contributed by atoms with Crippen molar-refractivity contribution in [3.8, 4) is 17.0 Å². The molecule has 2 N–H and O–H groups in total. The van der Waals surface area contributed by atoms with Crippen molar-refractivity contribution in [1.29, 1.82) is 0 Å². The van der Waals surface area contributed by atoms with E-state index >= 15 is 4.39 Å². The SMILES string of the molecule is CNC1CCN(C(=O)c2cccc(Nc3ncc4c(n3)-c3ccc(Cl)cc3C(c3c(F)cccc3OC)=NC4)c2)CC1. The van der Waals surface area contributed by atoms with Gasteiger partial charge in [-0.25, -0.2) is 14.4 Å². The summed E-state index contributed by atoms with van der Waals surface area (Å²) in [7, 11) is 3.46. The van der Waals surface area contributed by atoms with Gasteiger partial charge < -0.3 is 20.3 Å². The molecule has 6 rings (SSSR count). The molecule has 1 fully saturated rings. The Balaban J connectivity index is 1.31. The van der Waals surface area contributed by atoms with Gasteiger partial charge >= 0.3 is 0 Å². The number of hydrogen-bond donors (Lipinski definition) is 2. The average molecular weight is 585 g/mol. The van der Waals surface area contributed by atoms with Gasteiger partial charge in [0.1, 0.15) is 11.6 Å². The molecule has 0 radical (unpaired) electrons. The van der Waals surface area contributed by atoms with Crippen LogP contribution in [0, 0.1) is 5.82 Å². The van der Waals surface area contributed by atoms with Crippen LogP contribution in [0.15, 0.2) is 71.9 Å². The van der Waals surface area contributed by atoms with Crippen LogP contribution in [0.4, 0.5) is 16.0 Å². The van der Waals surface area contributed by atoms with Crippen LogP contribution in [-0.4, -0.2) is 59.8 Å². The summed E-state index contributed by atoms with van der Waals surface area (Å²) in [5.74, 6) is 0.301. The lowest BCUT2D eigenvalue weighted by molar-refractivity contribution is 0.0707. The Kier molecular flexibility index (Phi) is 7.86. The highest BCUT2D eigenvalue weighted by molar-refractivity contribution is 6.31. The highest BCUT2D eigenvalue weighted by Crippen LogP contribution is 2.36. The van der Waals surface area contributed by atoms with Crippen LogP contribution in [-0.2, 0) is 6.54 Å². The largest absolute Gasteiger partial charge is 0.496 e. The number of aliphatic imine (C=N–C) groups is 1. The van der Waals surface area contributed by atoms with Gasteiger partial charge in [-0.1, -0.05) is 29.8 Å². The van der Waals surface area contributed by atoms with Crippen molar-refractivity contribution >= 4 is 34.9 Å². The van der Waals surface area contributed by atoms with Gasteiger partial charge in [0.25, 0.3) is 5.91 Å². The Bertz CT molecular complexity index is 1690. The second-order valence-corrected chi connectivity index (χ2v) is 10.7. The van der Waals surface area contributed by atoms with Gasteiger partial charge in [0, 0.05) is 58.3 Å². The van der Waals surface area contributed by atoms with Crippen molar-refractivity contribution < 1.29 is 13.9 Å². The number of halogens is 2. The van der Waals surface area contributed by atoms with Gasteiger partial charge in [0.15, 0.2) is 0 Å². The molecule has 0 aliphatic carbocycles. The molecule has 1 aromatic heterocycles. The first-order valence-corrected chi connectivity index (χ1v) is 14.2. The zero-order chi connectivity index (χ0) is 29.2. The van der Waals surface area contributed by atoms with E-state index in [-0.39, 0.29) is 18.0 Å². The third-order valence-corrected chi connectivity index (χ3v) is 7.99. The fourth-order valence-electron chi connectivity index (χ4n) is 5.52. The minimum absolute atomic E-state index is 0.00936. The zero-order valence-corrected chi connectivity index (χ0v) is 24.1. The molecule has 8 nitrogen and oxygen atoms in total. The third kappa shape index (κ3) is 5.45. The Morgan fingerprint density at radius 3 is 2.67 bits per heavy atom. The molecular weight excluding hydrogens is 555 g/mol. The smallest absolute Gasteiger partial charge is 0.253 e. The molecule has 3 heterocycles. The van der Waals surface area contributed by atoms with Gasteiger partial charge in [-0.2, -0.15) is 0 Å². The summed E-state index contributed by atoms with van der Waals surface area (Å²) in [6.07, 6.45) is 3.59. The van der Waals surface area contributed by atoms with Gasteiger partial charge in [0.2, 0.25) is 5.95 Å². The molecule has 0 bridgehead atoms.